The third kappa shape index (κ3) is 2.04. The Labute approximate surface area is 108 Å². The Hall–Kier alpha value is -0.736. The summed E-state index contributed by atoms with van der Waals surface area (Å²) >= 11 is 0. The van der Waals surface area contributed by atoms with Crippen LogP contribution >= 0.6 is 0 Å². The average molecular weight is 259 g/mol. The highest BCUT2D eigenvalue weighted by atomic mass is 28.3. The van der Waals surface area contributed by atoms with Crippen LogP contribution in [0.2, 0.25) is 19.6 Å². The monoisotopic (exact) mass is 258 g/mol. The third-order valence-corrected chi connectivity index (χ3v) is 6.34. The van der Waals surface area contributed by atoms with Crippen LogP contribution in [-0.2, 0) is 0 Å². The molecule has 0 radical (unpaired) electrons. The van der Waals surface area contributed by atoms with Crippen LogP contribution in [0.4, 0.5) is 0 Å². The quantitative estimate of drug-likeness (QED) is 0.702. The molecular formula is C15H22Si2. The van der Waals surface area contributed by atoms with E-state index in [4.69, 9.17) is 0 Å². The maximum Gasteiger partial charge on any atom is 0.0743 e. The lowest BCUT2D eigenvalue weighted by molar-refractivity contribution is 0.710. The molecule has 2 rings (SSSR count). The van der Waals surface area contributed by atoms with Crippen molar-refractivity contribution >= 4 is 34.9 Å². The van der Waals surface area contributed by atoms with Gasteiger partial charge in [-0.15, -0.1) is 0 Å². The first kappa shape index (κ1) is 12.7. The molecule has 90 valence electrons. The Bertz CT molecular complexity index is 586. The van der Waals surface area contributed by atoms with E-state index in [1.54, 1.807) is 5.20 Å². The molecule has 1 aliphatic rings. The van der Waals surface area contributed by atoms with Gasteiger partial charge in [0.05, 0.1) is 8.07 Å². The van der Waals surface area contributed by atoms with E-state index >= 15 is 0 Å². The van der Waals surface area contributed by atoms with Gasteiger partial charge in [-0.05, 0) is 25.9 Å². The van der Waals surface area contributed by atoms with Crippen LogP contribution in [0.5, 0.6) is 0 Å². The van der Waals surface area contributed by atoms with E-state index in [9.17, 15) is 0 Å². The van der Waals surface area contributed by atoms with Crippen LogP contribution < -0.4 is 10.4 Å². The van der Waals surface area contributed by atoms with Crippen molar-refractivity contribution < 1.29 is 0 Å². The Morgan fingerprint density at radius 1 is 1.18 bits per heavy atom. The lowest BCUT2D eigenvalue weighted by Gasteiger charge is -2.31. The maximum atomic E-state index is 2.46. The van der Waals surface area contributed by atoms with Gasteiger partial charge in [-0.1, -0.05) is 68.6 Å². The van der Waals surface area contributed by atoms with E-state index in [0.29, 0.717) is 0 Å². The number of fused-ring (bicyclic) bond motifs is 1. The third-order valence-electron chi connectivity index (χ3n) is 3.51. The molecule has 17 heavy (non-hydrogen) atoms. The predicted octanol–water partition coefficient (Wildman–Crippen LogP) is 1.32. The van der Waals surface area contributed by atoms with Crippen LogP contribution in [0.1, 0.15) is 19.4 Å². The molecule has 1 aromatic rings. The largest absolute Gasteiger partial charge is 0.0807 e. The molecular weight excluding hydrogens is 236 g/mol. The SMILES string of the molecule is CC1(C)C=c2cccc(C=[SiH2])c2=C1[Si](C)(C)C. The molecule has 0 nitrogen and oxygen atoms in total. The molecule has 0 aliphatic heterocycles. The summed E-state index contributed by atoms with van der Waals surface area (Å²) in [5.41, 5.74) is 3.92. The Morgan fingerprint density at radius 3 is 2.35 bits per heavy atom. The minimum absolute atomic E-state index is 0.231. The van der Waals surface area contributed by atoms with E-state index < -0.39 is 8.07 Å². The second kappa shape index (κ2) is 3.89. The van der Waals surface area contributed by atoms with Gasteiger partial charge in [0.1, 0.15) is 0 Å². The summed E-state index contributed by atoms with van der Waals surface area (Å²) in [5.74, 6) is 0. The van der Waals surface area contributed by atoms with Crippen LogP contribution in [-0.4, -0.2) is 23.6 Å². The standard InChI is InChI=1S/C15H22Si2/c1-15(2)9-11-7-6-8-12(10-16)13(11)14(15)17(3,4)5/h6-10H,16H2,1-5H3. The molecule has 0 amide bonds. The van der Waals surface area contributed by atoms with Gasteiger partial charge in [-0.25, -0.2) is 0 Å². The molecule has 0 fully saturated rings. The molecule has 0 saturated carbocycles. The van der Waals surface area contributed by atoms with Crippen LogP contribution in [0.25, 0.3) is 11.3 Å². The smallest absolute Gasteiger partial charge is 0.0743 e. The zero-order chi connectivity index (χ0) is 12.8. The normalized spacial score (nSPS) is 17.6. The first-order valence-corrected chi connectivity index (χ1v) is 10.6. The van der Waals surface area contributed by atoms with Crippen molar-refractivity contribution in [3.8, 4) is 0 Å². The number of hydrogen-bond donors (Lipinski definition) is 0. The molecule has 0 atom stereocenters. The first-order chi connectivity index (χ1) is 7.77. The summed E-state index contributed by atoms with van der Waals surface area (Å²) < 4.78 is 0. The van der Waals surface area contributed by atoms with Crippen LogP contribution in [0.3, 0.4) is 0 Å². The Balaban J connectivity index is 2.99. The minimum atomic E-state index is -1.29. The first-order valence-electron chi connectivity index (χ1n) is 6.27. The highest BCUT2D eigenvalue weighted by Gasteiger charge is 2.35. The molecule has 0 unspecified atom stereocenters. The van der Waals surface area contributed by atoms with Gasteiger partial charge >= 0.3 is 0 Å². The fourth-order valence-electron chi connectivity index (χ4n) is 3.29. The lowest BCUT2D eigenvalue weighted by Crippen LogP contribution is -2.38. The van der Waals surface area contributed by atoms with Crippen molar-refractivity contribution in [2.45, 2.75) is 33.5 Å². The fraction of sp³-hybridized carbons (Fsp3) is 0.400. The van der Waals surface area contributed by atoms with E-state index in [1.807, 2.05) is 9.85 Å². The molecule has 1 aromatic carbocycles. The molecule has 0 aromatic heterocycles. The van der Waals surface area contributed by atoms with E-state index in [-0.39, 0.29) is 5.41 Å². The maximum absolute atomic E-state index is 2.46. The summed E-state index contributed by atoms with van der Waals surface area (Å²) in [6.45, 7) is 12.1. The van der Waals surface area contributed by atoms with Crippen molar-refractivity contribution in [1.82, 2.24) is 0 Å². The summed E-state index contributed by atoms with van der Waals surface area (Å²) in [7, 11) is 0.650. The van der Waals surface area contributed by atoms with Gasteiger partial charge in [-0.2, -0.15) is 0 Å². The second-order valence-electron chi connectivity index (χ2n) is 6.51. The molecule has 0 saturated heterocycles. The van der Waals surface area contributed by atoms with E-state index in [1.165, 1.54) is 16.0 Å². The summed E-state index contributed by atoms with van der Waals surface area (Å²) in [6, 6.07) is 6.69. The number of benzene rings is 1. The van der Waals surface area contributed by atoms with Crippen molar-refractivity contribution in [3.63, 3.8) is 0 Å². The number of hydrogen-bond acceptors (Lipinski definition) is 0. The molecule has 0 heterocycles. The van der Waals surface area contributed by atoms with Gasteiger partial charge in [0, 0.05) is 5.41 Å². The van der Waals surface area contributed by atoms with Crippen molar-refractivity contribution in [2.75, 3.05) is 0 Å². The molecule has 0 spiro atoms. The highest BCUT2D eigenvalue weighted by Crippen LogP contribution is 2.37. The van der Waals surface area contributed by atoms with Crippen molar-refractivity contribution in [1.29, 1.82) is 0 Å². The molecule has 0 bridgehead atoms. The van der Waals surface area contributed by atoms with Gasteiger partial charge in [0.25, 0.3) is 0 Å². The van der Waals surface area contributed by atoms with E-state index in [0.717, 1.165) is 0 Å². The van der Waals surface area contributed by atoms with Gasteiger partial charge < -0.3 is 0 Å². The minimum Gasteiger partial charge on any atom is -0.0807 e. The Kier molecular flexibility index (Phi) is 2.91. The fourth-order valence-corrected chi connectivity index (χ4v) is 6.68. The second-order valence-corrected chi connectivity index (χ2v) is 11.9. The topological polar surface area (TPSA) is 0 Å². The summed E-state index contributed by atoms with van der Waals surface area (Å²) in [5, 5.41) is 4.68. The molecule has 1 aliphatic carbocycles. The lowest BCUT2D eigenvalue weighted by atomic mass is 9.95. The van der Waals surface area contributed by atoms with Gasteiger partial charge in [0.15, 0.2) is 0 Å². The zero-order valence-corrected chi connectivity index (χ0v) is 14.0. The number of rotatable bonds is 2. The summed E-state index contributed by atoms with van der Waals surface area (Å²) in [4.78, 5) is 0. The summed E-state index contributed by atoms with van der Waals surface area (Å²) in [6.07, 6.45) is 2.45. The van der Waals surface area contributed by atoms with Gasteiger partial charge in [0.2, 0.25) is 0 Å². The van der Waals surface area contributed by atoms with Crippen molar-refractivity contribution in [3.05, 3.63) is 34.2 Å². The highest BCUT2D eigenvalue weighted by molar-refractivity contribution is 6.92. The Morgan fingerprint density at radius 2 is 1.82 bits per heavy atom. The van der Waals surface area contributed by atoms with Crippen LogP contribution in [0, 0.1) is 5.41 Å². The van der Waals surface area contributed by atoms with Crippen LogP contribution in [0.15, 0.2) is 18.2 Å². The van der Waals surface area contributed by atoms with Gasteiger partial charge in [-0.3, -0.25) is 0 Å². The molecule has 0 N–H and O–H groups in total. The van der Waals surface area contributed by atoms with Crippen molar-refractivity contribution in [2.24, 2.45) is 5.41 Å². The predicted molar refractivity (Wildman–Crippen MR) is 84.4 cm³/mol. The zero-order valence-electron chi connectivity index (χ0n) is 11.6. The van der Waals surface area contributed by atoms with E-state index in [2.05, 4.69) is 63.4 Å². The average Bonchev–Trinajstić information content (AvgIpc) is 2.46. The molecule has 2 heteroatoms.